The predicted molar refractivity (Wildman–Crippen MR) is 113 cm³/mol. The molecule has 162 valence electrons. The topological polar surface area (TPSA) is 117 Å². The Morgan fingerprint density at radius 2 is 1.74 bits per heavy atom. The van der Waals surface area contributed by atoms with Gasteiger partial charge in [0.2, 0.25) is 0 Å². The Kier molecular flexibility index (Phi) is 7.23. The van der Waals surface area contributed by atoms with E-state index in [4.69, 9.17) is 14.6 Å². The summed E-state index contributed by atoms with van der Waals surface area (Å²) < 4.78 is 10.2. The molecule has 3 N–H and O–H groups in total. The van der Waals surface area contributed by atoms with Crippen molar-refractivity contribution in [3.63, 3.8) is 0 Å². The molecule has 0 aliphatic carbocycles. The molecule has 0 radical (unpaired) electrons. The minimum Gasteiger partial charge on any atom is -0.484 e. The van der Waals surface area contributed by atoms with E-state index in [-0.39, 0.29) is 43.5 Å². The Morgan fingerprint density at radius 3 is 2.39 bits per heavy atom. The molecule has 3 rings (SSSR count). The molecule has 9 heteroatoms. The van der Waals surface area contributed by atoms with E-state index in [0.717, 1.165) is 0 Å². The molecule has 9 nitrogen and oxygen atoms in total. The quantitative estimate of drug-likeness (QED) is 0.520. The lowest BCUT2D eigenvalue weighted by atomic mass is 10.2. The third-order valence-electron chi connectivity index (χ3n) is 4.50. The summed E-state index contributed by atoms with van der Waals surface area (Å²) in [5.41, 5.74) is 1.40. The number of amides is 2. The van der Waals surface area contributed by atoms with Crippen LogP contribution >= 0.6 is 0 Å². The van der Waals surface area contributed by atoms with Gasteiger partial charge in [-0.1, -0.05) is 18.2 Å². The Bertz CT molecular complexity index is 973. The van der Waals surface area contributed by atoms with Crippen LogP contribution < -0.4 is 15.4 Å². The second-order valence-corrected chi connectivity index (χ2v) is 6.65. The first-order valence-electron chi connectivity index (χ1n) is 9.58. The van der Waals surface area contributed by atoms with Crippen molar-refractivity contribution in [1.82, 2.24) is 4.90 Å². The number of β-amino-alcohol motifs (C(OH)–C–C–N with tert-alkyl or cyclic N) is 1. The highest BCUT2D eigenvalue weighted by molar-refractivity contribution is 6.08. The molecule has 0 saturated heterocycles. The number of hydrogen-bond donors (Lipinski definition) is 3. The van der Waals surface area contributed by atoms with Gasteiger partial charge in [0, 0.05) is 17.9 Å². The summed E-state index contributed by atoms with van der Waals surface area (Å²) >= 11 is 0. The maximum Gasteiger partial charge on any atom is 0.337 e. The lowest BCUT2D eigenvalue weighted by Gasteiger charge is -2.15. The van der Waals surface area contributed by atoms with Crippen molar-refractivity contribution in [2.24, 2.45) is 0 Å². The molecule has 0 fully saturated rings. The Morgan fingerprint density at radius 1 is 1.06 bits per heavy atom. The van der Waals surface area contributed by atoms with Crippen LogP contribution in [0.3, 0.4) is 0 Å². The molecule has 2 amide bonds. The van der Waals surface area contributed by atoms with Gasteiger partial charge in [0.1, 0.15) is 11.4 Å². The van der Waals surface area contributed by atoms with Crippen LogP contribution in [0.25, 0.3) is 0 Å². The molecule has 31 heavy (non-hydrogen) atoms. The van der Waals surface area contributed by atoms with Crippen molar-refractivity contribution in [3.8, 4) is 5.75 Å². The number of aliphatic hydroxyl groups excluding tert-OH is 1. The first-order chi connectivity index (χ1) is 15.0. The molecule has 0 unspecified atom stereocenters. The largest absolute Gasteiger partial charge is 0.484 e. The average Bonchev–Trinajstić information content (AvgIpc) is 3.09. The highest BCUT2D eigenvalue weighted by Crippen LogP contribution is 2.23. The highest BCUT2D eigenvalue weighted by Gasteiger charge is 2.34. The molecule has 2 aromatic rings. The molecular formula is C22H23N3O6. The standard InChI is InChI=1S/C22H23N3O6/c1-30-22(29)18-13-25(11-12-26)21(28)20(18)24-16-9-7-15(8-10-16)23-19(27)14-31-17-5-3-2-4-6-17/h2-10,24,26H,11-14H2,1H3,(H,23,27). The Labute approximate surface area is 179 Å². The first kappa shape index (κ1) is 21.8. The number of benzene rings is 2. The molecular weight excluding hydrogens is 402 g/mol. The fourth-order valence-electron chi connectivity index (χ4n) is 2.99. The zero-order valence-corrected chi connectivity index (χ0v) is 17.0. The molecule has 0 saturated carbocycles. The average molecular weight is 425 g/mol. The van der Waals surface area contributed by atoms with Gasteiger partial charge < -0.3 is 30.1 Å². The monoisotopic (exact) mass is 425 g/mol. The van der Waals surface area contributed by atoms with Gasteiger partial charge in [0.05, 0.1) is 25.8 Å². The smallest absolute Gasteiger partial charge is 0.337 e. The second kappa shape index (κ2) is 10.3. The van der Waals surface area contributed by atoms with Crippen LogP contribution in [0.15, 0.2) is 65.9 Å². The van der Waals surface area contributed by atoms with Gasteiger partial charge in [0.25, 0.3) is 11.8 Å². The minimum atomic E-state index is -0.612. The predicted octanol–water partition coefficient (Wildman–Crippen LogP) is 1.38. The van der Waals surface area contributed by atoms with Gasteiger partial charge in [-0.2, -0.15) is 0 Å². The van der Waals surface area contributed by atoms with E-state index in [1.165, 1.54) is 12.0 Å². The van der Waals surface area contributed by atoms with Crippen LogP contribution in [0.2, 0.25) is 0 Å². The van der Waals surface area contributed by atoms with Crippen molar-refractivity contribution >= 4 is 29.2 Å². The van der Waals surface area contributed by atoms with Crippen molar-refractivity contribution in [1.29, 1.82) is 0 Å². The molecule has 1 heterocycles. The summed E-state index contributed by atoms with van der Waals surface area (Å²) in [5, 5.41) is 14.8. The fraction of sp³-hybridized carbons (Fsp3) is 0.227. The number of carbonyl (C=O) groups is 3. The van der Waals surface area contributed by atoms with Crippen molar-refractivity contribution in [3.05, 3.63) is 65.9 Å². The summed E-state index contributed by atoms with van der Waals surface area (Å²) in [4.78, 5) is 38.0. The van der Waals surface area contributed by atoms with Crippen LogP contribution in [-0.2, 0) is 19.1 Å². The number of para-hydroxylation sites is 1. The lowest BCUT2D eigenvalue weighted by Crippen LogP contribution is -2.31. The highest BCUT2D eigenvalue weighted by atomic mass is 16.5. The number of aliphatic hydroxyl groups is 1. The maximum absolute atomic E-state index is 12.5. The normalized spacial score (nSPS) is 13.2. The number of nitrogens with one attached hydrogen (secondary N) is 2. The van der Waals surface area contributed by atoms with Crippen molar-refractivity contribution in [2.45, 2.75) is 0 Å². The SMILES string of the molecule is COC(=O)C1=C(Nc2ccc(NC(=O)COc3ccccc3)cc2)C(=O)N(CCO)C1. The summed E-state index contributed by atoms with van der Waals surface area (Å²) in [5.74, 6) is -0.724. The summed E-state index contributed by atoms with van der Waals surface area (Å²) in [7, 11) is 1.24. The van der Waals surface area contributed by atoms with E-state index in [1.807, 2.05) is 18.2 Å². The third kappa shape index (κ3) is 5.61. The Balaban J connectivity index is 1.62. The summed E-state index contributed by atoms with van der Waals surface area (Å²) in [6.45, 7) is -0.172. The van der Waals surface area contributed by atoms with Crippen LogP contribution in [0.1, 0.15) is 0 Å². The first-order valence-corrected chi connectivity index (χ1v) is 9.58. The van der Waals surface area contributed by atoms with Crippen LogP contribution in [0.4, 0.5) is 11.4 Å². The number of carbonyl (C=O) groups excluding carboxylic acids is 3. The van der Waals surface area contributed by atoms with Gasteiger partial charge in [0.15, 0.2) is 6.61 Å². The molecule has 0 bridgehead atoms. The van der Waals surface area contributed by atoms with Gasteiger partial charge in [-0.15, -0.1) is 0 Å². The van der Waals surface area contributed by atoms with E-state index in [9.17, 15) is 14.4 Å². The van der Waals surface area contributed by atoms with Crippen LogP contribution in [0.5, 0.6) is 5.75 Å². The van der Waals surface area contributed by atoms with E-state index in [2.05, 4.69) is 10.6 Å². The van der Waals surface area contributed by atoms with Gasteiger partial charge in [-0.25, -0.2) is 4.79 Å². The van der Waals surface area contributed by atoms with Gasteiger partial charge in [-0.3, -0.25) is 9.59 Å². The van der Waals surface area contributed by atoms with E-state index < -0.39 is 11.9 Å². The number of ether oxygens (including phenoxy) is 2. The lowest BCUT2D eigenvalue weighted by molar-refractivity contribution is -0.136. The Hall–Kier alpha value is -3.85. The second-order valence-electron chi connectivity index (χ2n) is 6.65. The van der Waals surface area contributed by atoms with E-state index in [0.29, 0.717) is 17.1 Å². The summed E-state index contributed by atoms with van der Waals surface area (Å²) in [6.07, 6.45) is 0. The van der Waals surface area contributed by atoms with Gasteiger partial charge >= 0.3 is 5.97 Å². The number of anilines is 2. The van der Waals surface area contributed by atoms with Crippen LogP contribution in [0, 0.1) is 0 Å². The number of methoxy groups -OCH3 is 1. The molecule has 0 atom stereocenters. The molecule has 0 aromatic heterocycles. The minimum absolute atomic E-state index is 0.0595. The van der Waals surface area contributed by atoms with E-state index >= 15 is 0 Å². The van der Waals surface area contributed by atoms with Crippen LogP contribution in [-0.4, -0.2) is 61.2 Å². The third-order valence-corrected chi connectivity index (χ3v) is 4.50. The molecule has 2 aromatic carbocycles. The molecule has 0 spiro atoms. The number of esters is 1. The van der Waals surface area contributed by atoms with Gasteiger partial charge in [-0.05, 0) is 36.4 Å². The summed E-state index contributed by atoms with van der Waals surface area (Å²) in [6, 6.07) is 15.7. The molecule has 1 aliphatic rings. The van der Waals surface area contributed by atoms with Crippen molar-refractivity contribution in [2.75, 3.05) is 44.0 Å². The zero-order valence-electron chi connectivity index (χ0n) is 17.0. The maximum atomic E-state index is 12.5. The van der Waals surface area contributed by atoms with E-state index in [1.54, 1.807) is 36.4 Å². The number of rotatable bonds is 9. The van der Waals surface area contributed by atoms with Crippen molar-refractivity contribution < 1.29 is 29.0 Å². The number of hydrogen-bond acceptors (Lipinski definition) is 7. The number of nitrogens with zero attached hydrogens (tertiary/aromatic N) is 1. The molecule has 1 aliphatic heterocycles. The fourth-order valence-corrected chi connectivity index (χ4v) is 2.99. The zero-order chi connectivity index (χ0) is 22.2.